The minimum absolute atomic E-state index is 0.0950. The number of rotatable bonds is 5. The van der Waals surface area contributed by atoms with Crippen LogP contribution < -0.4 is 10.5 Å². The molecule has 1 aromatic rings. The largest absolute Gasteiger partial charge is 0.480 e. The number of carbonyl (C=O) groups is 1. The third-order valence-electron chi connectivity index (χ3n) is 2.03. The van der Waals surface area contributed by atoms with Crippen LogP contribution in [0.4, 0.5) is 5.82 Å². The zero-order valence-electron chi connectivity index (χ0n) is 8.47. The SMILES string of the molecule is CC(C(=O)O)S(=O)(=O)NCc1cn[nH]c1N. The smallest absolute Gasteiger partial charge is 0.323 e. The topological polar surface area (TPSA) is 138 Å². The fraction of sp³-hybridized carbons (Fsp3) is 0.429. The summed E-state index contributed by atoms with van der Waals surface area (Å²) < 4.78 is 25.0. The van der Waals surface area contributed by atoms with Gasteiger partial charge in [0.25, 0.3) is 0 Å². The molecule has 1 heterocycles. The summed E-state index contributed by atoms with van der Waals surface area (Å²) in [5, 5.41) is 13.1. The summed E-state index contributed by atoms with van der Waals surface area (Å²) in [7, 11) is -3.90. The van der Waals surface area contributed by atoms with Crippen LogP contribution in [0.1, 0.15) is 12.5 Å². The average Bonchev–Trinajstić information content (AvgIpc) is 2.60. The summed E-state index contributed by atoms with van der Waals surface area (Å²) in [6.07, 6.45) is 1.36. The number of carboxylic acids is 1. The summed E-state index contributed by atoms with van der Waals surface area (Å²) in [5.74, 6) is -1.17. The number of nitrogens with one attached hydrogen (secondary N) is 2. The van der Waals surface area contributed by atoms with E-state index in [9.17, 15) is 13.2 Å². The first-order valence-corrected chi connectivity index (χ1v) is 5.88. The molecule has 0 bridgehead atoms. The van der Waals surface area contributed by atoms with E-state index >= 15 is 0 Å². The van der Waals surface area contributed by atoms with Crippen LogP contribution in [-0.2, 0) is 21.4 Å². The van der Waals surface area contributed by atoms with Gasteiger partial charge >= 0.3 is 5.97 Å². The van der Waals surface area contributed by atoms with E-state index in [0.29, 0.717) is 5.56 Å². The Balaban J connectivity index is 2.69. The number of sulfonamides is 1. The highest BCUT2D eigenvalue weighted by Gasteiger charge is 2.27. The number of aromatic amines is 1. The highest BCUT2D eigenvalue weighted by atomic mass is 32.2. The van der Waals surface area contributed by atoms with E-state index in [1.165, 1.54) is 6.20 Å². The van der Waals surface area contributed by atoms with Crippen molar-refractivity contribution in [1.82, 2.24) is 14.9 Å². The molecular formula is C7H12N4O4S. The van der Waals surface area contributed by atoms with Crippen molar-refractivity contribution in [3.05, 3.63) is 11.8 Å². The zero-order valence-corrected chi connectivity index (χ0v) is 9.28. The lowest BCUT2D eigenvalue weighted by atomic mass is 10.3. The number of hydrogen-bond acceptors (Lipinski definition) is 5. The van der Waals surface area contributed by atoms with Crippen molar-refractivity contribution >= 4 is 21.8 Å². The van der Waals surface area contributed by atoms with Crippen LogP contribution in [0.3, 0.4) is 0 Å². The number of nitrogen functional groups attached to an aromatic ring is 1. The molecule has 0 aliphatic heterocycles. The lowest BCUT2D eigenvalue weighted by Gasteiger charge is -2.09. The van der Waals surface area contributed by atoms with Gasteiger partial charge in [0.2, 0.25) is 10.0 Å². The molecule has 0 aliphatic rings. The monoisotopic (exact) mass is 248 g/mol. The maximum atomic E-state index is 11.4. The molecule has 5 N–H and O–H groups in total. The summed E-state index contributed by atoms with van der Waals surface area (Å²) in [5.41, 5.74) is 5.90. The van der Waals surface area contributed by atoms with Gasteiger partial charge in [-0.15, -0.1) is 0 Å². The van der Waals surface area contributed by atoms with Gasteiger partial charge in [-0.3, -0.25) is 9.89 Å². The maximum Gasteiger partial charge on any atom is 0.323 e. The standard InChI is InChI=1S/C7H12N4O4S/c1-4(7(12)13)16(14,15)10-3-5-2-9-11-6(5)8/h2,4,10H,3H2,1H3,(H,12,13)(H3,8,9,11). The lowest BCUT2D eigenvalue weighted by Crippen LogP contribution is -2.37. The Morgan fingerprint density at radius 2 is 2.38 bits per heavy atom. The second-order valence-corrected chi connectivity index (χ2v) is 5.24. The van der Waals surface area contributed by atoms with Crippen LogP contribution in [-0.4, -0.2) is 34.9 Å². The number of aromatic nitrogens is 2. The molecule has 1 unspecified atom stereocenters. The maximum absolute atomic E-state index is 11.4. The third-order valence-corrected chi connectivity index (χ3v) is 3.71. The van der Waals surface area contributed by atoms with Gasteiger partial charge in [0.1, 0.15) is 5.82 Å². The van der Waals surface area contributed by atoms with Crippen molar-refractivity contribution in [2.24, 2.45) is 0 Å². The molecule has 0 radical (unpaired) electrons. The molecule has 0 aliphatic carbocycles. The van der Waals surface area contributed by atoms with Gasteiger partial charge in [-0.2, -0.15) is 5.10 Å². The van der Waals surface area contributed by atoms with Gasteiger partial charge in [-0.1, -0.05) is 0 Å². The third kappa shape index (κ3) is 2.70. The van der Waals surface area contributed by atoms with Gasteiger partial charge in [0, 0.05) is 12.1 Å². The average molecular weight is 248 g/mol. The molecule has 0 amide bonds. The van der Waals surface area contributed by atoms with Gasteiger partial charge in [0.05, 0.1) is 6.20 Å². The van der Waals surface area contributed by atoms with E-state index in [1.54, 1.807) is 0 Å². The lowest BCUT2D eigenvalue weighted by molar-refractivity contribution is -0.136. The number of anilines is 1. The van der Waals surface area contributed by atoms with Crippen molar-refractivity contribution in [2.45, 2.75) is 18.7 Å². The van der Waals surface area contributed by atoms with Gasteiger partial charge in [0.15, 0.2) is 5.25 Å². The Bertz CT molecular complexity index is 480. The van der Waals surface area contributed by atoms with E-state index < -0.39 is 21.2 Å². The van der Waals surface area contributed by atoms with Crippen LogP contribution in [0, 0.1) is 0 Å². The molecular weight excluding hydrogens is 236 g/mol. The number of nitrogens with two attached hydrogens (primary N) is 1. The number of aliphatic carboxylic acids is 1. The fourth-order valence-electron chi connectivity index (χ4n) is 0.898. The molecule has 0 saturated carbocycles. The Hall–Kier alpha value is -1.61. The minimum Gasteiger partial charge on any atom is -0.480 e. The quantitative estimate of drug-likeness (QED) is 0.521. The highest BCUT2D eigenvalue weighted by Crippen LogP contribution is 2.07. The van der Waals surface area contributed by atoms with E-state index in [2.05, 4.69) is 14.9 Å². The fourth-order valence-corrected chi connectivity index (χ4v) is 1.77. The van der Waals surface area contributed by atoms with Crippen LogP contribution >= 0.6 is 0 Å². The van der Waals surface area contributed by atoms with Crippen molar-refractivity contribution < 1.29 is 18.3 Å². The molecule has 0 spiro atoms. The Morgan fingerprint density at radius 1 is 1.75 bits per heavy atom. The van der Waals surface area contributed by atoms with Crippen LogP contribution in [0.25, 0.3) is 0 Å². The summed E-state index contributed by atoms with van der Waals surface area (Å²) >= 11 is 0. The van der Waals surface area contributed by atoms with E-state index in [0.717, 1.165) is 6.92 Å². The molecule has 0 fully saturated rings. The molecule has 8 nitrogen and oxygen atoms in total. The number of H-pyrrole nitrogens is 1. The van der Waals surface area contributed by atoms with E-state index in [4.69, 9.17) is 10.8 Å². The summed E-state index contributed by atoms with van der Waals surface area (Å²) in [4.78, 5) is 10.5. The predicted molar refractivity (Wildman–Crippen MR) is 55.9 cm³/mol. The van der Waals surface area contributed by atoms with Gasteiger partial charge in [-0.25, -0.2) is 13.1 Å². The van der Waals surface area contributed by atoms with E-state index in [1.807, 2.05) is 0 Å². The molecule has 1 rings (SSSR count). The molecule has 0 saturated heterocycles. The Kier molecular flexibility index (Phi) is 3.50. The molecule has 0 aromatic carbocycles. The van der Waals surface area contributed by atoms with Crippen LogP contribution in [0.5, 0.6) is 0 Å². The van der Waals surface area contributed by atoms with Crippen molar-refractivity contribution in [3.8, 4) is 0 Å². The first kappa shape index (κ1) is 12.5. The van der Waals surface area contributed by atoms with Crippen molar-refractivity contribution in [3.63, 3.8) is 0 Å². The second kappa shape index (κ2) is 4.49. The molecule has 90 valence electrons. The summed E-state index contributed by atoms with van der Waals surface area (Å²) in [6, 6.07) is 0. The molecule has 1 atom stereocenters. The molecule has 1 aromatic heterocycles. The van der Waals surface area contributed by atoms with Crippen LogP contribution in [0.15, 0.2) is 6.20 Å². The van der Waals surface area contributed by atoms with Gasteiger partial charge < -0.3 is 10.8 Å². The van der Waals surface area contributed by atoms with Crippen molar-refractivity contribution in [1.29, 1.82) is 0 Å². The van der Waals surface area contributed by atoms with E-state index in [-0.39, 0.29) is 12.4 Å². The summed E-state index contributed by atoms with van der Waals surface area (Å²) in [6.45, 7) is 0.992. The van der Waals surface area contributed by atoms with Crippen LogP contribution in [0.2, 0.25) is 0 Å². The number of hydrogen-bond donors (Lipinski definition) is 4. The van der Waals surface area contributed by atoms with Crippen molar-refractivity contribution in [2.75, 3.05) is 5.73 Å². The van der Waals surface area contributed by atoms with Gasteiger partial charge in [-0.05, 0) is 6.92 Å². The second-order valence-electron chi connectivity index (χ2n) is 3.16. The zero-order chi connectivity index (χ0) is 12.3. The Morgan fingerprint density at radius 3 is 2.81 bits per heavy atom. The molecule has 9 heteroatoms. The highest BCUT2D eigenvalue weighted by molar-refractivity contribution is 7.90. The first-order valence-electron chi connectivity index (χ1n) is 4.33. The minimum atomic E-state index is -3.90. The first-order chi connectivity index (χ1) is 7.34. The normalized spacial score (nSPS) is 13.6. The number of carboxylic acid groups (broad SMARTS) is 1. The number of nitrogens with zero attached hydrogens (tertiary/aromatic N) is 1. The molecule has 16 heavy (non-hydrogen) atoms. The predicted octanol–water partition coefficient (Wildman–Crippen LogP) is -1.12. The Labute approximate surface area is 91.9 Å².